The van der Waals surface area contributed by atoms with Crippen molar-refractivity contribution in [1.82, 2.24) is 0 Å². The number of phenols is 2. The number of benzene rings is 2. The smallest absolute Gasteiger partial charge is 0.336 e. The molecule has 0 unspecified atom stereocenters. The SMILES string of the molecule is CCCc1cc(=O)oc2c(C(=O)CC)c(O)c3c(c12)OC(C)(C)C=C3.CCCc1cc(=O)oc2c(C(=O)CC)c(O)c3c(c12)OC(C)(C)CC3. The van der Waals surface area contributed by atoms with Gasteiger partial charge in [-0.2, -0.15) is 0 Å². The second-order valence-corrected chi connectivity index (χ2v) is 14.0. The zero-order valence-electron chi connectivity index (χ0n) is 30.1. The van der Waals surface area contributed by atoms with Gasteiger partial charge in [0.2, 0.25) is 0 Å². The second kappa shape index (κ2) is 13.8. The first-order chi connectivity index (χ1) is 23.6. The van der Waals surface area contributed by atoms with Gasteiger partial charge in [-0.1, -0.05) is 40.5 Å². The molecule has 0 amide bonds. The van der Waals surface area contributed by atoms with Crippen LogP contribution < -0.4 is 20.7 Å². The number of hydrogen-bond acceptors (Lipinski definition) is 10. The maximum absolute atomic E-state index is 12.5. The fraction of sp³-hybridized carbons (Fsp3) is 0.450. The van der Waals surface area contributed by atoms with E-state index < -0.39 is 16.9 Å². The summed E-state index contributed by atoms with van der Waals surface area (Å²) in [7, 11) is 0. The number of phenolic OH excluding ortho intramolecular Hbond substituents is 2. The number of rotatable bonds is 8. The van der Waals surface area contributed by atoms with Gasteiger partial charge in [0.15, 0.2) is 22.7 Å². The number of carbonyl (C=O) groups is 2. The maximum Gasteiger partial charge on any atom is 0.336 e. The summed E-state index contributed by atoms with van der Waals surface area (Å²) < 4.78 is 23.0. The van der Waals surface area contributed by atoms with Crippen LogP contribution in [0.2, 0.25) is 0 Å². The Hall–Kier alpha value is -4.86. The summed E-state index contributed by atoms with van der Waals surface area (Å²) in [5.74, 6) is 0.176. The molecule has 0 saturated carbocycles. The molecule has 4 heterocycles. The van der Waals surface area contributed by atoms with Gasteiger partial charge >= 0.3 is 11.3 Å². The molecule has 0 aliphatic carbocycles. The molecule has 6 rings (SSSR count). The molecular formula is C40H46O10. The lowest BCUT2D eigenvalue weighted by Gasteiger charge is -2.34. The molecule has 2 aliphatic heterocycles. The Bertz CT molecular complexity index is 2160. The van der Waals surface area contributed by atoms with Crippen molar-refractivity contribution in [3.05, 3.63) is 72.4 Å². The minimum atomic E-state index is -0.567. The van der Waals surface area contributed by atoms with E-state index in [0.29, 0.717) is 52.7 Å². The number of carbonyl (C=O) groups excluding carboxylic acids is 2. The van der Waals surface area contributed by atoms with Gasteiger partial charge in [0.05, 0.1) is 16.3 Å². The molecule has 2 N–H and O–H groups in total. The van der Waals surface area contributed by atoms with Crippen molar-refractivity contribution in [1.29, 1.82) is 0 Å². The highest BCUT2D eigenvalue weighted by Gasteiger charge is 2.35. The molecule has 0 fully saturated rings. The lowest BCUT2D eigenvalue weighted by atomic mass is 9.88. The molecule has 0 atom stereocenters. The van der Waals surface area contributed by atoms with Crippen LogP contribution in [0.3, 0.4) is 0 Å². The van der Waals surface area contributed by atoms with E-state index in [0.717, 1.165) is 30.4 Å². The molecule has 4 aromatic rings. The van der Waals surface area contributed by atoms with Crippen LogP contribution in [0.15, 0.2) is 36.6 Å². The van der Waals surface area contributed by atoms with Crippen molar-refractivity contribution in [2.24, 2.45) is 0 Å². The van der Waals surface area contributed by atoms with Crippen LogP contribution in [0.1, 0.15) is 130 Å². The molecule has 50 heavy (non-hydrogen) atoms. The fourth-order valence-corrected chi connectivity index (χ4v) is 6.68. The van der Waals surface area contributed by atoms with Crippen molar-refractivity contribution in [3.8, 4) is 23.0 Å². The third kappa shape index (κ3) is 6.67. The first kappa shape index (κ1) is 36.4. The summed E-state index contributed by atoms with van der Waals surface area (Å²) in [4.78, 5) is 49.0. The van der Waals surface area contributed by atoms with E-state index in [4.69, 9.17) is 18.3 Å². The van der Waals surface area contributed by atoms with Crippen LogP contribution in [0.5, 0.6) is 23.0 Å². The number of Topliss-reactive ketones (excluding diaryl/α,β-unsaturated/α-hetero) is 2. The first-order valence-electron chi connectivity index (χ1n) is 17.4. The molecule has 0 spiro atoms. The highest BCUT2D eigenvalue weighted by Crippen LogP contribution is 2.48. The fourth-order valence-electron chi connectivity index (χ4n) is 6.68. The molecule has 2 aromatic carbocycles. The standard InChI is InChI=1S/C20H24O5.C20H22O5/c2*1-5-7-11-10-14(22)24-19-15(11)18-12(8-9-20(3,4)25-18)17(23)16(19)13(21)6-2/h10,23H,5-9H2,1-4H3;8-10,23H,5-7H2,1-4H3. The average molecular weight is 687 g/mol. The third-order valence-electron chi connectivity index (χ3n) is 9.14. The van der Waals surface area contributed by atoms with Gasteiger partial charge in [-0.15, -0.1) is 0 Å². The first-order valence-corrected chi connectivity index (χ1v) is 17.4. The van der Waals surface area contributed by atoms with Gasteiger partial charge in [0.25, 0.3) is 0 Å². The number of fused-ring (bicyclic) bond motifs is 6. The minimum Gasteiger partial charge on any atom is -0.507 e. The lowest BCUT2D eigenvalue weighted by Crippen LogP contribution is -2.33. The molecule has 266 valence electrons. The third-order valence-corrected chi connectivity index (χ3v) is 9.14. The van der Waals surface area contributed by atoms with E-state index >= 15 is 0 Å². The van der Waals surface area contributed by atoms with E-state index in [-0.39, 0.29) is 63.8 Å². The Morgan fingerprint density at radius 3 is 1.74 bits per heavy atom. The van der Waals surface area contributed by atoms with Gasteiger partial charge in [0.1, 0.15) is 45.3 Å². The summed E-state index contributed by atoms with van der Waals surface area (Å²) in [6.45, 7) is 15.2. The van der Waals surface area contributed by atoms with Crippen molar-refractivity contribution in [2.75, 3.05) is 0 Å². The Kier molecular flexibility index (Phi) is 10.1. The minimum absolute atomic E-state index is 0.0549. The van der Waals surface area contributed by atoms with E-state index in [9.17, 15) is 29.4 Å². The number of hydrogen-bond donors (Lipinski definition) is 2. The summed E-state index contributed by atoms with van der Waals surface area (Å²) in [5, 5.41) is 22.7. The molecule has 10 nitrogen and oxygen atoms in total. The van der Waals surface area contributed by atoms with Crippen molar-refractivity contribution < 1.29 is 38.1 Å². The van der Waals surface area contributed by atoms with Gasteiger partial charge in [-0.05, 0) is 76.7 Å². The molecule has 0 radical (unpaired) electrons. The van der Waals surface area contributed by atoms with Crippen LogP contribution in [-0.2, 0) is 19.3 Å². The number of aryl methyl sites for hydroxylation is 2. The van der Waals surface area contributed by atoms with Gasteiger partial charge in [-0.25, -0.2) is 9.59 Å². The van der Waals surface area contributed by atoms with E-state index in [2.05, 4.69) is 0 Å². The number of ketones is 2. The topological polar surface area (TPSA) is 153 Å². The summed E-state index contributed by atoms with van der Waals surface area (Å²) >= 11 is 0. The highest BCUT2D eigenvalue weighted by molar-refractivity contribution is 6.13. The van der Waals surface area contributed by atoms with Gasteiger partial charge in [0, 0.05) is 30.5 Å². The van der Waals surface area contributed by atoms with E-state index in [1.807, 2.05) is 47.6 Å². The average Bonchev–Trinajstić information content (AvgIpc) is 3.03. The molecule has 0 bridgehead atoms. The predicted octanol–water partition coefficient (Wildman–Crippen LogP) is 8.38. The Labute approximate surface area is 290 Å². The number of ether oxygens (including phenoxy) is 2. The Balaban J connectivity index is 0.000000194. The van der Waals surface area contributed by atoms with Gasteiger partial charge < -0.3 is 28.5 Å². The van der Waals surface area contributed by atoms with Crippen LogP contribution in [0, 0.1) is 0 Å². The Morgan fingerprint density at radius 2 is 1.24 bits per heavy atom. The molecule has 2 aromatic heterocycles. The maximum atomic E-state index is 12.5. The monoisotopic (exact) mass is 686 g/mol. The number of aromatic hydroxyl groups is 2. The van der Waals surface area contributed by atoms with Crippen molar-refractivity contribution in [2.45, 2.75) is 118 Å². The van der Waals surface area contributed by atoms with Crippen molar-refractivity contribution >= 4 is 39.6 Å². The van der Waals surface area contributed by atoms with Crippen LogP contribution in [0.4, 0.5) is 0 Å². The van der Waals surface area contributed by atoms with Crippen molar-refractivity contribution in [3.63, 3.8) is 0 Å². The molecular weight excluding hydrogens is 640 g/mol. The molecule has 2 aliphatic rings. The van der Waals surface area contributed by atoms with Crippen LogP contribution >= 0.6 is 0 Å². The van der Waals surface area contributed by atoms with E-state index in [1.165, 1.54) is 12.1 Å². The van der Waals surface area contributed by atoms with Gasteiger partial charge in [-0.3, -0.25) is 9.59 Å². The van der Waals surface area contributed by atoms with Crippen LogP contribution in [-0.4, -0.2) is 33.0 Å². The summed E-state index contributed by atoms with van der Waals surface area (Å²) in [6.07, 6.45) is 8.33. The second-order valence-electron chi connectivity index (χ2n) is 14.0. The lowest BCUT2D eigenvalue weighted by molar-refractivity contribution is 0.0855. The largest absolute Gasteiger partial charge is 0.507 e. The molecule has 0 saturated heterocycles. The highest BCUT2D eigenvalue weighted by atomic mass is 16.5. The normalized spacial score (nSPS) is 15.4. The zero-order chi connectivity index (χ0) is 36.7. The Morgan fingerprint density at radius 1 is 0.740 bits per heavy atom. The van der Waals surface area contributed by atoms with Crippen LogP contribution in [0.25, 0.3) is 28.0 Å². The predicted molar refractivity (Wildman–Crippen MR) is 192 cm³/mol. The quantitative estimate of drug-likeness (QED) is 0.136. The summed E-state index contributed by atoms with van der Waals surface area (Å²) in [5.41, 5.74) is 1.07. The summed E-state index contributed by atoms with van der Waals surface area (Å²) in [6, 6.07) is 2.91. The zero-order valence-corrected chi connectivity index (χ0v) is 30.1. The molecule has 10 heteroatoms. The van der Waals surface area contributed by atoms with E-state index in [1.54, 1.807) is 19.9 Å².